The normalized spacial score (nSPS) is 23.9. The first kappa shape index (κ1) is 25.1. The molecule has 1 saturated carbocycles. The maximum atomic E-state index is 15.1. The van der Waals surface area contributed by atoms with E-state index in [4.69, 9.17) is 9.47 Å². The van der Waals surface area contributed by atoms with Gasteiger partial charge in [0.05, 0.1) is 19.3 Å². The van der Waals surface area contributed by atoms with Crippen molar-refractivity contribution in [1.29, 1.82) is 0 Å². The fraction of sp³-hybridized carbons (Fsp3) is 0.444. The van der Waals surface area contributed by atoms with Crippen LogP contribution in [-0.4, -0.2) is 69.5 Å². The lowest BCUT2D eigenvalue weighted by molar-refractivity contribution is 0.0518. The number of halogens is 1. The van der Waals surface area contributed by atoms with E-state index in [0.29, 0.717) is 43.2 Å². The number of ether oxygens (including phenoxy) is 2. The van der Waals surface area contributed by atoms with Crippen molar-refractivity contribution in [3.05, 3.63) is 54.7 Å². The number of piperidine rings is 1. The van der Waals surface area contributed by atoms with Crippen LogP contribution in [0.15, 0.2) is 48.9 Å². The van der Waals surface area contributed by atoms with E-state index >= 15 is 4.39 Å². The minimum atomic E-state index is -0.544. The average Bonchev–Trinajstić information content (AvgIpc) is 3.35. The summed E-state index contributed by atoms with van der Waals surface area (Å²) in [6, 6.07) is 8.83. The average molecular weight is 536 g/mol. The number of rotatable bonds is 6. The molecule has 1 aromatic carbocycles. The Labute approximate surface area is 224 Å². The molecule has 3 fully saturated rings. The zero-order valence-corrected chi connectivity index (χ0v) is 22.0. The molecule has 1 aliphatic carbocycles. The summed E-state index contributed by atoms with van der Waals surface area (Å²) in [7, 11) is 0. The molecule has 39 heavy (non-hydrogen) atoms. The first-order valence-corrected chi connectivity index (χ1v) is 13.0. The van der Waals surface area contributed by atoms with Gasteiger partial charge < -0.3 is 19.7 Å². The maximum Gasteiger partial charge on any atom is 0.414 e. The summed E-state index contributed by atoms with van der Waals surface area (Å²) in [6.07, 6.45) is 3.79. The number of hydrogen-bond donors (Lipinski definition) is 1. The Morgan fingerprint density at radius 2 is 1.90 bits per heavy atom. The van der Waals surface area contributed by atoms with Crippen LogP contribution in [0.25, 0.3) is 11.1 Å². The fourth-order valence-corrected chi connectivity index (χ4v) is 5.38. The van der Waals surface area contributed by atoms with Gasteiger partial charge in [0.15, 0.2) is 11.6 Å². The molecule has 3 aliphatic rings. The zero-order chi connectivity index (χ0) is 27.3. The largest absolute Gasteiger partial charge is 0.444 e. The smallest absolute Gasteiger partial charge is 0.414 e. The van der Waals surface area contributed by atoms with E-state index in [2.05, 4.69) is 20.6 Å². The number of cyclic esters (lactones) is 1. The Hall–Kier alpha value is -4.22. The van der Waals surface area contributed by atoms with Crippen molar-refractivity contribution >= 4 is 23.7 Å². The molecule has 0 radical (unpaired) electrons. The van der Waals surface area contributed by atoms with Crippen LogP contribution in [0.3, 0.4) is 0 Å². The number of carbonyl (C=O) groups is 2. The van der Waals surface area contributed by atoms with Crippen LogP contribution in [-0.2, 0) is 16.0 Å². The van der Waals surface area contributed by atoms with Gasteiger partial charge in [0.1, 0.15) is 11.7 Å². The van der Waals surface area contributed by atoms with Crippen LogP contribution >= 0.6 is 0 Å². The van der Waals surface area contributed by atoms with Gasteiger partial charge in [0, 0.05) is 54.6 Å². The molecule has 2 saturated heterocycles. The van der Waals surface area contributed by atoms with E-state index in [9.17, 15) is 9.59 Å². The van der Waals surface area contributed by atoms with Crippen molar-refractivity contribution in [2.75, 3.05) is 29.4 Å². The lowest BCUT2D eigenvalue weighted by Gasteiger charge is -2.23. The van der Waals surface area contributed by atoms with E-state index in [-0.39, 0.29) is 24.0 Å². The second kappa shape index (κ2) is 9.51. The van der Waals surface area contributed by atoms with Gasteiger partial charge in [0.2, 0.25) is 0 Å². The van der Waals surface area contributed by atoms with E-state index in [0.717, 1.165) is 5.56 Å². The SMILES string of the molecule is CC(C)(C)OC(=O)NC1[C@H]2CN(c3ncc(-c4ccc(N5C[C@H](Cn6ccnn6)OC5=O)cc4)cc3F)C[C@@H]12. The molecule has 4 atom stereocenters. The first-order valence-electron chi connectivity index (χ1n) is 13.0. The number of hydrogen-bond acceptors (Lipinski definition) is 8. The fourth-order valence-electron chi connectivity index (χ4n) is 5.38. The third kappa shape index (κ3) is 5.23. The van der Waals surface area contributed by atoms with Gasteiger partial charge in [-0.15, -0.1) is 5.10 Å². The molecule has 2 aliphatic heterocycles. The summed E-state index contributed by atoms with van der Waals surface area (Å²) < 4.78 is 27.5. The lowest BCUT2D eigenvalue weighted by atomic mass is 10.1. The van der Waals surface area contributed by atoms with Crippen molar-refractivity contribution in [1.82, 2.24) is 25.3 Å². The van der Waals surface area contributed by atoms with Gasteiger partial charge in [-0.1, -0.05) is 17.3 Å². The van der Waals surface area contributed by atoms with Crippen LogP contribution in [0.4, 0.5) is 25.5 Å². The van der Waals surface area contributed by atoms with Crippen molar-refractivity contribution in [3.63, 3.8) is 0 Å². The maximum absolute atomic E-state index is 15.1. The highest BCUT2D eigenvalue weighted by molar-refractivity contribution is 5.90. The molecule has 3 aromatic rings. The Morgan fingerprint density at radius 1 is 1.15 bits per heavy atom. The summed E-state index contributed by atoms with van der Waals surface area (Å²) in [6.45, 7) is 7.58. The van der Waals surface area contributed by atoms with Gasteiger partial charge in [0.25, 0.3) is 0 Å². The monoisotopic (exact) mass is 535 g/mol. The molecular formula is C27H30FN7O4. The number of nitrogens with zero attached hydrogens (tertiary/aromatic N) is 6. The molecule has 0 bridgehead atoms. The predicted molar refractivity (Wildman–Crippen MR) is 140 cm³/mol. The number of anilines is 2. The van der Waals surface area contributed by atoms with Crippen LogP contribution < -0.4 is 15.1 Å². The number of alkyl carbamates (subject to hydrolysis) is 1. The van der Waals surface area contributed by atoms with Gasteiger partial charge in [-0.3, -0.25) is 4.90 Å². The molecule has 12 heteroatoms. The molecule has 204 valence electrons. The molecule has 11 nitrogen and oxygen atoms in total. The molecule has 4 heterocycles. The van der Waals surface area contributed by atoms with E-state index < -0.39 is 23.6 Å². The lowest BCUT2D eigenvalue weighted by Crippen LogP contribution is -2.38. The molecule has 1 N–H and O–H groups in total. The second-order valence-electron chi connectivity index (χ2n) is 11.2. The van der Waals surface area contributed by atoms with Gasteiger partial charge in [-0.05, 0) is 44.5 Å². The highest BCUT2D eigenvalue weighted by Crippen LogP contribution is 2.47. The second-order valence-corrected chi connectivity index (χ2v) is 11.2. The quantitative estimate of drug-likeness (QED) is 0.511. The summed E-state index contributed by atoms with van der Waals surface area (Å²) >= 11 is 0. The van der Waals surface area contributed by atoms with Crippen LogP contribution in [0.5, 0.6) is 0 Å². The van der Waals surface area contributed by atoms with E-state index in [1.165, 1.54) is 6.07 Å². The molecule has 0 spiro atoms. The number of fused-ring (bicyclic) bond motifs is 1. The number of amides is 2. The van der Waals surface area contributed by atoms with Crippen molar-refractivity contribution in [2.24, 2.45) is 11.8 Å². The standard InChI is InChI=1S/C27H30FN7O4/c1-27(2,3)39-25(36)31-23-20-14-33(15-21(20)23)24-22(28)10-17(11-29-24)16-4-6-18(7-5-16)35-13-19(38-26(35)37)12-34-9-8-30-32-34/h4-11,19-21,23H,12-15H2,1-3H3,(H,31,36)/t19-,20-,21+,23?/m0/s1. The highest BCUT2D eigenvalue weighted by atomic mass is 19.1. The number of benzene rings is 1. The summed E-state index contributed by atoms with van der Waals surface area (Å²) in [5.74, 6) is 0.448. The minimum Gasteiger partial charge on any atom is -0.444 e. The van der Waals surface area contributed by atoms with Gasteiger partial charge >= 0.3 is 12.2 Å². The Bertz CT molecular complexity index is 1360. The van der Waals surface area contributed by atoms with E-state index in [1.807, 2.05) is 49.9 Å². The van der Waals surface area contributed by atoms with Gasteiger partial charge in [-0.25, -0.2) is 23.6 Å². The van der Waals surface area contributed by atoms with Crippen LogP contribution in [0.2, 0.25) is 0 Å². The van der Waals surface area contributed by atoms with Crippen LogP contribution in [0.1, 0.15) is 20.8 Å². The summed E-state index contributed by atoms with van der Waals surface area (Å²) in [5, 5.41) is 10.6. The molecule has 2 aromatic heterocycles. The zero-order valence-electron chi connectivity index (χ0n) is 22.0. The van der Waals surface area contributed by atoms with Crippen molar-refractivity contribution < 1.29 is 23.5 Å². The first-order chi connectivity index (χ1) is 18.6. The number of nitrogens with one attached hydrogen (secondary N) is 1. The highest BCUT2D eigenvalue weighted by Gasteiger charge is 2.57. The Kier molecular flexibility index (Phi) is 6.12. The Morgan fingerprint density at radius 3 is 2.54 bits per heavy atom. The van der Waals surface area contributed by atoms with E-state index in [1.54, 1.807) is 28.2 Å². The number of aromatic nitrogens is 4. The summed E-state index contributed by atoms with van der Waals surface area (Å²) in [5.41, 5.74) is 1.58. The summed E-state index contributed by atoms with van der Waals surface area (Å²) in [4.78, 5) is 32.4. The topological polar surface area (TPSA) is 115 Å². The minimum absolute atomic E-state index is 0.0580. The molecule has 1 unspecified atom stereocenters. The third-order valence-corrected chi connectivity index (χ3v) is 7.25. The molecular weight excluding hydrogens is 505 g/mol. The molecule has 6 rings (SSSR count). The van der Waals surface area contributed by atoms with Crippen molar-refractivity contribution in [3.8, 4) is 11.1 Å². The van der Waals surface area contributed by atoms with Crippen LogP contribution in [0, 0.1) is 17.7 Å². The third-order valence-electron chi connectivity index (χ3n) is 7.25. The van der Waals surface area contributed by atoms with Crippen molar-refractivity contribution in [2.45, 2.75) is 45.1 Å². The van der Waals surface area contributed by atoms with Gasteiger partial charge in [-0.2, -0.15) is 0 Å². The number of carbonyl (C=O) groups excluding carboxylic acids is 2. The number of pyridine rings is 1. The Balaban J connectivity index is 1.06. The molecule has 2 amide bonds. The predicted octanol–water partition coefficient (Wildman–Crippen LogP) is 3.46.